The zero-order valence-corrected chi connectivity index (χ0v) is 14.1. The van der Waals surface area contributed by atoms with Crippen LogP contribution in [0.4, 0.5) is 0 Å². The molecule has 1 saturated carbocycles. The van der Waals surface area contributed by atoms with Gasteiger partial charge in [-0.1, -0.05) is 40.0 Å². The number of rotatable bonds is 3. The van der Waals surface area contributed by atoms with E-state index in [1.54, 1.807) is 4.90 Å². The molecule has 1 heterocycles. The van der Waals surface area contributed by atoms with Crippen molar-refractivity contribution in [1.82, 2.24) is 10.2 Å². The molecule has 2 aliphatic rings. The maximum absolute atomic E-state index is 12.5. The third-order valence-electron chi connectivity index (χ3n) is 4.81. The highest BCUT2D eigenvalue weighted by molar-refractivity contribution is 5.82. The molecule has 2 N–H and O–H groups in total. The predicted octanol–water partition coefficient (Wildman–Crippen LogP) is 2.26. The average Bonchev–Trinajstić information content (AvgIpc) is 2.46. The third kappa shape index (κ3) is 4.45. The lowest BCUT2D eigenvalue weighted by atomic mass is 9.88. The standard InChI is InChI=1S/C17H30N2O3/c1-17(2,3)16(22)19-10-12(15(20)21)9-14(11-19)18-13-7-5-4-6-8-13/h12-14,18H,4-11H2,1-3H3,(H,20,21). The monoisotopic (exact) mass is 310 g/mol. The lowest BCUT2D eigenvalue weighted by Gasteiger charge is -2.41. The molecular weight excluding hydrogens is 280 g/mol. The van der Waals surface area contributed by atoms with Gasteiger partial charge in [0, 0.05) is 30.6 Å². The van der Waals surface area contributed by atoms with Crippen molar-refractivity contribution >= 4 is 11.9 Å². The van der Waals surface area contributed by atoms with E-state index in [0.29, 0.717) is 25.6 Å². The number of nitrogens with zero attached hydrogens (tertiary/aromatic N) is 1. The second-order valence-corrected chi connectivity index (χ2v) is 7.93. The quantitative estimate of drug-likeness (QED) is 0.839. The Labute approximate surface area is 133 Å². The van der Waals surface area contributed by atoms with Gasteiger partial charge in [-0.05, 0) is 19.3 Å². The normalized spacial score (nSPS) is 27.7. The summed E-state index contributed by atoms with van der Waals surface area (Å²) in [4.78, 5) is 25.7. The number of nitrogens with one attached hydrogen (secondary N) is 1. The van der Waals surface area contributed by atoms with Gasteiger partial charge in [-0.15, -0.1) is 0 Å². The van der Waals surface area contributed by atoms with Crippen molar-refractivity contribution in [2.24, 2.45) is 11.3 Å². The van der Waals surface area contributed by atoms with Crippen molar-refractivity contribution in [3.8, 4) is 0 Å². The number of hydrogen-bond donors (Lipinski definition) is 2. The zero-order valence-electron chi connectivity index (χ0n) is 14.1. The minimum absolute atomic E-state index is 0.0499. The topological polar surface area (TPSA) is 69.6 Å². The third-order valence-corrected chi connectivity index (χ3v) is 4.81. The molecule has 2 rings (SSSR count). The van der Waals surface area contributed by atoms with Crippen LogP contribution in [-0.4, -0.2) is 47.1 Å². The van der Waals surface area contributed by atoms with E-state index in [2.05, 4.69) is 5.32 Å². The molecule has 0 radical (unpaired) electrons. The highest BCUT2D eigenvalue weighted by Gasteiger charge is 2.37. The summed E-state index contributed by atoms with van der Waals surface area (Å²) in [5.74, 6) is -1.20. The van der Waals surface area contributed by atoms with Crippen LogP contribution in [0.15, 0.2) is 0 Å². The molecule has 2 fully saturated rings. The first kappa shape index (κ1) is 17.3. The van der Waals surface area contributed by atoms with Crippen LogP contribution in [0.5, 0.6) is 0 Å². The van der Waals surface area contributed by atoms with Gasteiger partial charge < -0.3 is 15.3 Å². The highest BCUT2D eigenvalue weighted by Crippen LogP contribution is 2.25. The number of likely N-dealkylation sites (tertiary alicyclic amines) is 1. The number of aliphatic carboxylic acids is 1. The summed E-state index contributed by atoms with van der Waals surface area (Å²) in [5.41, 5.74) is -0.463. The molecule has 1 saturated heterocycles. The second kappa shape index (κ2) is 6.99. The van der Waals surface area contributed by atoms with E-state index in [9.17, 15) is 14.7 Å². The summed E-state index contributed by atoms with van der Waals surface area (Å²) in [6.45, 7) is 6.65. The van der Waals surface area contributed by atoms with Crippen LogP contribution in [-0.2, 0) is 9.59 Å². The van der Waals surface area contributed by atoms with Crippen LogP contribution in [0.25, 0.3) is 0 Å². The number of carbonyl (C=O) groups excluding carboxylic acids is 1. The number of hydrogen-bond acceptors (Lipinski definition) is 3. The molecule has 2 atom stereocenters. The van der Waals surface area contributed by atoms with Gasteiger partial charge in [0.05, 0.1) is 5.92 Å². The van der Waals surface area contributed by atoms with E-state index in [1.807, 2.05) is 20.8 Å². The molecule has 1 amide bonds. The van der Waals surface area contributed by atoms with Crippen LogP contribution in [0.3, 0.4) is 0 Å². The molecule has 0 bridgehead atoms. The maximum atomic E-state index is 12.5. The molecule has 0 spiro atoms. The van der Waals surface area contributed by atoms with E-state index in [0.717, 1.165) is 0 Å². The Balaban J connectivity index is 2.02. The molecule has 2 unspecified atom stereocenters. The first-order valence-corrected chi connectivity index (χ1v) is 8.55. The van der Waals surface area contributed by atoms with Gasteiger partial charge in [0.15, 0.2) is 0 Å². The van der Waals surface area contributed by atoms with Crippen molar-refractivity contribution < 1.29 is 14.7 Å². The Bertz CT molecular complexity index is 411. The summed E-state index contributed by atoms with van der Waals surface area (Å²) in [6, 6.07) is 0.585. The number of piperidine rings is 1. The summed E-state index contributed by atoms with van der Waals surface area (Å²) in [5, 5.41) is 13.0. The fourth-order valence-corrected chi connectivity index (χ4v) is 3.64. The number of carbonyl (C=O) groups is 2. The van der Waals surface area contributed by atoms with Gasteiger partial charge in [0.1, 0.15) is 0 Å². The molecule has 0 aromatic rings. The molecule has 22 heavy (non-hydrogen) atoms. The van der Waals surface area contributed by atoms with Gasteiger partial charge in [-0.25, -0.2) is 0 Å². The molecule has 1 aliphatic heterocycles. The van der Waals surface area contributed by atoms with Gasteiger partial charge in [0.25, 0.3) is 0 Å². The summed E-state index contributed by atoms with van der Waals surface area (Å²) >= 11 is 0. The molecule has 0 aromatic carbocycles. The Kier molecular flexibility index (Phi) is 5.48. The van der Waals surface area contributed by atoms with Crippen LogP contribution < -0.4 is 5.32 Å². The number of carboxylic acid groups (broad SMARTS) is 1. The molecule has 5 heteroatoms. The first-order valence-electron chi connectivity index (χ1n) is 8.55. The largest absolute Gasteiger partial charge is 0.481 e. The molecular formula is C17H30N2O3. The fourth-order valence-electron chi connectivity index (χ4n) is 3.64. The van der Waals surface area contributed by atoms with E-state index >= 15 is 0 Å². The second-order valence-electron chi connectivity index (χ2n) is 7.93. The summed E-state index contributed by atoms with van der Waals surface area (Å²) in [6.07, 6.45) is 6.76. The molecule has 126 valence electrons. The van der Waals surface area contributed by atoms with Crippen molar-refractivity contribution in [3.05, 3.63) is 0 Å². The van der Waals surface area contributed by atoms with Crippen LogP contribution in [0, 0.1) is 11.3 Å². The van der Waals surface area contributed by atoms with E-state index in [1.165, 1.54) is 32.1 Å². The minimum atomic E-state index is -0.790. The smallest absolute Gasteiger partial charge is 0.308 e. The summed E-state index contributed by atoms with van der Waals surface area (Å²) < 4.78 is 0. The summed E-state index contributed by atoms with van der Waals surface area (Å²) in [7, 11) is 0. The van der Waals surface area contributed by atoms with Gasteiger partial charge >= 0.3 is 5.97 Å². The van der Waals surface area contributed by atoms with Crippen molar-refractivity contribution in [2.75, 3.05) is 13.1 Å². The molecule has 1 aliphatic carbocycles. The highest BCUT2D eigenvalue weighted by atomic mass is 16.4. The van der Waals surface area contributed by atoms with E-state index in [-0.39, 0.29) is 11.9 Å². The van der Waals surface area contributed by atoms with Crippen LogP contribution >= 0.6 is 0 Å². The lowest BCUT2D eigenvalue weighted by Crippen LogP contribution is -2.56. The van der Waals surface area contributed by atoms with E-state index < -0.39 is 17.3 Å². The molecule has 0 aromatic heterocycles. The SMILES string of the molecule is CC(C)(C)C(=O)N1CC(NC2CCCCC2)CC(C(=O)O)C1. The Morgan fingerprint density at radius 3 is 2.23 bits per heavy atom. The maximum Gasteiger partial charge on any atom is 0.308 e. The zero-order chi connectivity index (χ0) is 16.3. The van der Waals surface area contributed by atoms with Crippen LogP contribution in [0.2, 0.25) is 0 Å². The Morgan fingerprint density at radius 1 is 1.05 bits per heavy atom. The van der Waals surface area contributed by atoms with Gasteiger partial charge in [-0.3, -0.25) is 9.59 Å². The lowest BCUT2D eigenvalue weighted by molar-refractivity contribution is -0.149. The van der Waals surface area contributed by atoms with Crippen molar-refractivity contribution in [2.45, 2.75) is 71.4 Å². The van der Waals surface area contributed by atoms with Crippen molar-refractivity contribution in [1.29, 1.82) is 0 Å². The minimum Gasteiger partial charge on any atom is -0.481 e. The fraction of sp³-hybridized carbons (Fsp3) is 0.882. The average molecular weight is 310 g/mol. The van der Waals surface area contributed by atoms with Crippen LogP contribution in [0.1, 0.15) is 59.3 Å². The Hall–Kier alpha value is -1.10. The van der Waals surface area contributed by atoms with Gasteiger partial charge in [0.2, 0.25) is 5.91 Å². The van der Waals surface area contributed by atoms with E-state index in [4.69, 9.17) is 0 Å². The first-order chi connectivity index (χ1) is 10.3. The Morgan fingerprint density at radius 2 is 1.68 bits per heavy atom. The number of amides is 1. The predicted molar refractivity (Wildman–Crippen MR) is 85.6 cm³/mol. The van der Waals surface area contributed by atoms with Gasteiger partial charge in [-0.2, -0.15) is 0 Å². The van der Waals surface area contributed by atoms with Crippen molar-refractivity contribution in [3.63, 3.8) is 0 Å². The molecule has 5 nitrogen and oxygen atoms in total. The number of carboxylic acids is 1.